The van der Waals surface area contributed by atoms with Crippen molar-refractivity contribution in [1.82, 2.24) is 9.71 Å². The summed E-state index contributed by atoms with van der Waals surface area (Å²) in [5.74, 6) is 5.27. The van der Waals surface area contributed by atoms with Gasteiger partial charge in [-0.15, -0.1) is 0 Å². The highest BCUT2D eigenvalue weighted by Gasteiger charge is 2.38. The van der Waals surface area contributed by atoms with E-state index in [1.165, 1.54) is 18.5 Å². The molecule has 1 aromatic heterocycles. The molecule has 0 aromatic carbocycles. The number of rotatable bonds is 5. The first-order chi connectivity index (χ1) is 7.97. The van der Waals surface area contributed by atoms with Gasteiger partial charge in [0.15, 0.2) is 0 Å². The van der Waals surface area contributed by atoms with Crippen molar-refractivity contribution < 1.29 is 8.42 Å². The molecular formula is C10H16N4O2S. The quantitative estimate of drug-likeness (QED) is 0.525. The Morgan fingerprint density at radius 2 is 2.24 bits per heavy atom. The number of sulfonamides is 1. The lowest BCUT2D eigenvalue weighted by molar-refractivity contribution is 0.530. The molecule has 0 unspecified atom stereocenters. The summed E-state index contributed by atoms with van der Waals surface area (Å²) in [5.41, 5.74) is 2.81. The summed E-state index contributed by atoms with van der Waals surface area (Å²) in [6.07, 6.45) is 4.89. The minimum Gasteiger partial charge on any atom is -0.323 e. The van der Waals surface area contributed by atoms with Gasteiger partial charge in [0.05, 0.1) is 5.69 Å². The molecule has 1 heterocycles. The maximum Gasteiger partial charge on any atom is 0.244 e. The van der Waals surface area contributed by atoms with Crippen LogP contribution in [0.5, 0.6) is 0 Å². The van der Waals surface area contributed by atoms with E-state index in [1.807, 2.05) is 0 Å². The molecule has 0 aliphatic heterocycles. The van der Waals surface area contributed by atoms with Gasteiger partial charge in [-0.1, -0.05) is 6.92 Å². The Hall–Kier alpha value is -1.18. The van der Waals surface area contributed by atoms with E-state index in [-0.39, 0.29) is 10.3 Å². The van der Waals surface area contributed by atoms with E-state index in [4.69, 9.17) is 5.84 Å². The maximum absolute atomic E-state index is 12.0. The molecule has 1 fully saturated rings. The Morgan fingerprint density at radius 3 is 2.82 bits per heavy atom. The van der Waals surface area contributed by atoms with Crippen LogP contribution in [0.15, 0.2) is 23.4 Å². The minimum absolute atomic E-state index is 0.0757. The van der Waals surface area contributed by atoms with Gasteiger partial charge >= 0.3 is 0 Å². The van der Waals surface area contributed by atoms with Crippen molar-refractivity contribution in [3.63, 3.8) is 0 Å². The molecule has 1 aliphatic carbocycles. The summed E-state index contributed by atoms with van der Waals surface area (Å²) >= 11 is 0. The summed E-state index contributed by atoms with van der Waals surface area (Å²) in [6.45, 7) is 2.51. The van der Waals surface area contributed by atoms with E-state index in [1.54, 1.807) is 0 Å². The number of nitrogens with zero attached hydrogens (tertiary/aromatic N) is 1. The molecule has 0 amide bonds. The van der Waals surface area contributed by atoms with Gasteiger partial charge < -0.3 is 5.43 Å². The third kappa shape index (κ3) is 2.74. The smallest absolute Gasteiger partial charge is 0.244 e. The van der Waals surface area contributed by atoms with Gasteiger partial charge in [-0.05, 0) is 24.3 Å². The molecule has 1 saturated carbocycles. The molecule has 0 spiro atoms. The number of nitrogens with one attached hydrogen (secondary N) is 2. The van der Waals surface area contributed by atoms with Crippen molar-refractivity contribution in [3.8, 4) is 0 Å². The standard InChI is InChI=1S/C10H16N4O2S/c1-10(3-4-10)7-13-17(15,16)9-6-12-5-2-8(9)14-11/h2,5-6,13H,3-4,7,11H2,1H3,(H,12,14). The largest absolute Gasteiger partial charge is 0.323 e. The first kappa shape index (κ1) is 12.3. The number of hydrogen-bond donors (Lipinski definition) is 3. The second-order valence-electron chi connectivity index (χ2n) is 4.65. The molecule has 7 heteroatoms. The first-order valence-electron chi connectivity index (χ1n) is 5.37. The number of anilines is 1. The molecule has 6 nitrogen and oxygen atoms in total. The second kappa shape index (κ2) is 4.25. The number of nitrogen functional groups attached to an aromatic ring is 1. The van der Waals surface area contributed by atoms with Gasteiger partial charge in [0, 0.05) is 18.9 Å². The van der Waals surface area contributed by atoms with Gasteiger partial charge in [-0.2, -0.15) is 0 Å². The van der Waals surface area contributed by atoms with Gasteiger partial charge in [-0.25, -0.2) is 13.1 Å². The molecular weight excluding hydrogens is 240 g/mol. The fourth-order valence-electron chi connectivity index (χ4n) is 1.45. The average Bonchev–Trinajstić information content (AvgIpc) is 3.06. The van der Waals surface area contributed by atoms with Crippen LogP contribution in [-0.4, -0.2) is 19.9 Å². The normalized spacial score (nSPS) is 17.8. The summed E-state index contributed by atoms with van der Waals surface area (Å²) in [7, 11) is -3.55. The molecule has 0 atom stereocenters. The molecule has 0 radical (unpaired) electrons. The molecule has 2 rings (SSSR count). The van der Waals surface area contributed by atoms with Gasteiger partial charge in [0.1, 0.15) is 4.90 Å². The number of pyridine rings is 1. The fraction of sp³-hybridized carbons (Fsp3) is 0.500. The lowest BCUT2D eigenvalue weighted by Gasteiger charge is -2.12. The average molecular weight is 256 g/mol. The zero-order valence-electron chi connectivity index (χ0n) is 9.60. The van der Waals surface area contributed by atoms with Crippen LogP contribution in [0.4, 0.5) is 5.69 Å². The Bertz CT molecular complexity index is 511. The third-order valence-corrected chi connectivity index (χ3v) is 4.45. The Balaban J connectivity index is 2.18. The van der Waals surface area contributed by atoms with Gasteiger partial charge in [-0.3, -0.25) is 10.8 Å². The minimum atomic E-state index is -3.55. The second-order valence-corrected chi connectivity index (χ2v) is 6.39. The zero-order chi connectivity index (χ0) is 12.5. The lowest BCUT2D eigenvalue weighted by atomic mass is 10.2. The van der Waals surface area contributed by atoms with E-state index < -0.39 is 10.0 Å². The number of hydrogen-bond acceptors (Lipinski definition) is 5. The summed E-state index contributed by atoms with van der Waals surface area (Å²) in [4.78, 5) is 3.88. The number of aromatic nitrogens is 1. The van der Waals surface area contributed by atoms with E-state index in [2.05, 4.69) is 22.1 Å². The van der Waals surface area contributed by atoms with E-state index in [0.29, 0.717) is 12.2 Å². The lowest BCUT2D eigenvalue weighted by Crippen LogP contribution is -2.30. The Morgan fingerprint density at radius 1 is 1.53 bits per heavy atom. The van der Waals surface area contributed by atoms with E-state index in [9.17, 15) is 8.42 Å². The van der Waals surface area contributed by atoms with Crippen LogP contribution in [0.1, 0.15) is 19.8 Å². The predicted octanol–water partition coefficient (Wildman–Crippen LogP) is 0.446. The molecule has 4 N–H and O–H groups in total. The number of hydrazine groups is 1. The van der Waals surface area contributed by atoms with Crippen molar-refractivity contribution >= 4 is 15.7 Å². The van der Waals surface area contributed by atoms with Crippen LogP contribution >= 0.6 is 0 Å². The van der Waals surface area contributed by atoms with Crippen molar-refractivity contribution in [2.75, 3.05) is 12.0 Å². The van der Waals surface area contributed by atoms with Crippen LogP contribution in [0.2, 0.25) is 0 Å². The van der Waals surface area contributed by atoms with E-state index in [0.717, 1.165) is 12.8 Å². The topological polar surface area (TPSA) is 97.1 Å². The summed E-state index contributed by atoms with van der Waals surface area (Å²) in [6, 6.07) is 1.52. The summed E-state index contributed by atoms with van der Waals surface area (Å²) < 4.78 is 26.7. The third-order valence-electron chi connectivity index (χ3n) is 3.02. The molecule has 94 valence electrons. The van der Waals surface area contributed by atoms with Crippen molar-refractivity contribution in [3.05, 3.63) is 18.5 Å². The molecule has 0 saturated heterocycles. The van der Waals surface area contributed by atoms with Crippen LogP contribution in [0, 0.1) is 5.41 Å². The van der Waals surface area contributed by atoms with Crippen molar-refractivity contribution in [2.45, 2.75) is 24.7 Å². The zero-order valence-corrected chi connectivity index (χ0v) is 10.4. The SMILES string of the molecule is CC1(CNS(=O)(=O)c2cnccc2NN)CC1. The monoisotopic (exact) mass is 256 g/mol. The van der Waals surface area contributed by atoms with Gasteiger partial charge in [0.25, 0.3) is 0 Å². The maximum atomic E-state index is 12.0. The first-order valence-corrected chi connectivity index (χ1v) is 6.85. The van der Waals surface area contributed by atoms with Crippen LogP contribution in [0.25, 0.3) is 0 Å². The summed E-state index contributed by atoms with van der Waals surface area (Å²) in [5, 5.41) is 0. The highest BCUT2D eigenvalue weighted by atomic mass is 32.2. The van der Waals surface area contributed by atoms with Crippen LogP contribution in [-0.2, 0) is 10.0 Å². The Labute approximate surface area is 101 Å². The van der Waals surface area contributed by atoms with Crippen molar-refractivity contribution in [2.24, 2.45) is 11.3 Å². The van der Waals surface area contributed by atoms with Crippen molar-refractivity contribution in [1.29, 1.82) is 0 Å². The molecule has 1 aromatic rings. The molecule has 17 heavy (non-hydrogen) atoms. The predicted molar refractivity (Wildman–Crippen MR) is 64.6 cm³/mol. The van der Waals surface area contributed by atoms with E-state index >= 15 is 0 Å². The molecule has 0 bridgehead atoms. The fourth-order valence-corrected chi connectivity index (χ4v) is 2.76. The highest BCUT2D eigenvalue weighted by Crippen LogP contribution is 2.44. The Kier molecular flexibility index (Phi) is 3.07. The van der Waals surface area contributed by atoms with Crippen LogP contribution in [0.3, 0.4) is 0 Å². The molecule has 1 aliphatic rings. The van der Waals surface area contributed by atoms with Gasteiger partial charge in [0.2, 0.25) is 10.0 Å². The highest BCUT2D eigenvalue weighted by molar-refractivity contribution is 7.89. The number of nitrogens with two attached hydrogens (primary N) is 1. The van der Waals surface area contributed by atoms with Crippen LogP contribution < -0.4 is 16.0 Å².